The summed E-state index contributed by atoms with van der Waals surface area (Å²) in [6.45, 7) is 2.79. The van der Waals surface area contributed by atoms with Gasteiger partial charge in [-0.2, -0.15) is 0 Å². The highest BCUT2D eigenvalue weighted by Crippen LogP contribution is 2.52. The Morgan fingerprint density at radius 1 is 0.478 bits per heavy atom. The van der Waals surface area contributed by atoms with Crippen LogP contribution in [-0.4, -0.2) is 66.2 Å². The minimum Gasteiger partial charge on any atom is -0.508 e. The molecule has 7 nitrogen and oxygen atoms in total. The van der Waals surface area contributed by atoms with E-state index in [1.807, 2.05) is 36.4 Å². The Balaban J connectivity index is 1.36. The summed E-state index contributed by atoms with van der Waals surface area (Å²) in [6, 6.07) is 23.7. The Bertz CT molecular complexity index is 1850. The quantitative estimate of drug-likeness (QED) is 0.122. The zero-order valence-corrected chi connectivity index (χ0v) is 25.4. The largest absolute Gasteiger partial charge is 0.508 e. The van der Waals surface area contributed by atoms with Crippen LogP contribution in [0.1, 0.15) is 44.9 Å². The van der Waals surface area contributed by atoms with E-state index in [1.165, 1.54) is 0 Å². The first-order chi connectivity index (χ1) is 22.5. The van der Waals surface area contributed by atoms with Crippen molar-refractivity contribution >= 4 is 21.5 Å². The lowest BCUT2D eigenvalue weighted by molar-refractivity contribution is 0.395. The van der Waals surface area contributed by atoms with Crippen molar-refractivity contribution in [1.29, 1.82) is 0 Å². The van der Waals surface area contributed by atoms with Crippen LogP contribution in [0.15, 0.2) is 72.8 Å². The van der Waals surface area contributed by atoms with E-state index in [2.05, 4.69) is 24.3 Å². The molecule has 4 unspecified atom stereocenters. The summed E-state index contributed by atoms with van der Waals surface area (Å²) >= 11 is 0. The average Bonchev–Trinajstić information content (AvgIpc) is 3.85. The second kappa shape index (κ2) is 11.0. The van der Waals surface area contributed by atoms with Gasteiger partial charge in [-0.25, -0.2) is 0 Å². The van der Waals surface area contributed by atoms with Crippen molar-refractivity contribution in [2.45, 2.75) is 56.0 Å². The molecule has 0 bridgehead atoms. The number of hydrogen-bond donors (Lipinski definition) is 3. The summed E-state index contributed by atoms with van der Waals surface area (Å²) in [7, 11) is 0. The van der Waals surface area contributed by atoms with Gasteiger partial charge in [0.25, 0.3) is 0 Å². The van der Waals surface area contributed by atoms with Crippen molar-refractivity contribution in [2.24, 2.45) is 0 Å². The number of phenolic OH excluding ortho intramolecular Hbond substituents is 3. The molecule has 9 rings (SSSR count). The highest BCUT2D eigenvalue weighted by molar-refractivity contribution is 5.98. The maximum absolute atomic E-state index is 12.5. The minimum atomic E-state index is -0.550. The second-order valence-electron chi connectivity index (χ2n) is 13.2. The lowest BCUT2D eigenvalue weighted by atomic mass is 9.75. The van der Waals surface area contributed by atoms with E-state index < -0.39 is 5.92 Å². The van der Waals surface area contributed by atoms with Crippen molar-refractivity contribution in [2.75, 3.05) is 26.4 Å². The number of aromatic hydroxyl groups is 3. The summed E-state index contributed by atoms with van der Waals surface area (Å²) in [5.41, 5.74) is 6.30. The molecule has 46 heavy (non-hydrogen) atoms. The van der Waals surface area contributed by atoms with Gasteiger partial charge in [-0.3, -0.25) is 0 Å². The number of fused-ring (bicyclic) bond motifs is 2. The van der Waals surface area contributed by atoms with Crippen molar-refractivity contribution in [1.82, 2.24) is 0 Å². The monoisotopic (exact) mass is 616 g/mol. The molecule has 234 valence electrons. The van der Waals surface area contributed by atoms with Crippen molar-refractivity contribution in [3.05, 3.63) is 112 Å². The van der Waals surface area contributed by atoms with Crippen LogP contribution in [0.5, 0.6) is 17.2 Å². The van der Waals surface area contributed by atoms with Gasteiger partial charge in [0.15, 0.2) is 0 Å². The topological polar surface area (TPSA) is 111 Å². The number of benzene rings is 5. The third-order valence-corrected chi connectivity index (χ3v) is 10.0. The SMILES string of the molecule is Oc1ccc(C(c2c(O)c(CC3CO3)c(CC3CO3)c3ccccc23)c2c(O)c(CC3CO3)c(CC3CO3)c3ccccc23)cc1. The lowest BCUT2D eigenvalue weighted by Gasteiger charge is -2.29. The van der Waals surface area contributed by atoms with Gasteiger partial charge in [-0.05, 0) is 50.4 Å². The molecule has 0 amide bonds. The van der Waals surface area contributed by atoms with Crippen molar-refractivity contribution < 1.29 is 34.3 Å². The predicted molar refractivity (Wildman–Crippen MR) is 174 cm³/mol. The molecule has 4 aliphatic heterocycles. The summed E-state index contributed by atoms with van der Waals surface area (Å²) in [5, 5.41) is 39.4. The number of epoxide rings is 4. The number of ether oxygens (including phenoxy) is 4. The van der Waals surface area contributed by atoms with Crippen LogP contribution in [0.3, 0.4) is 0 Å². The highest BCUT2D eigenvalue weighted by atomic mass is 16.6. The molecule has 5 aromatic carbocycles. The maximum atomic E-state index is 12.5. The molecule has 0 aliphatic carbocycles. The second-order valence-corrected chi connectivity index (χ2v) is 13.2. The van der Waals surface area contributed by atoms with Gasteiger partial charge < -0.3 is 34.3 Å². The molecule has 5 aromatic rings. The van der Waals surface area contributed by atoms with E-state index in [1.54, 1.807) is 12.1 Å². The van der Waals surface area contributed by atoms with Crippen LogP contribution in [0.25, 0.3) is 21.5 Å². The molecule has 4 aliphatic rings. The molecule has 0 aromatic heterocycles. The third kappa shape index (κ3) is 5.17. The lowest BCUT2D eigenvalue weighted by Crippen LogP contribution is -2.13. The van der Waals surface area contributed by atoms with Crippen LogP contribution in [0.4, 0.5) is 0 Å². The number of hydrogen-bond acceptors (Lipinski definition) is 7. The van der Waals surface area contributed by atoms with Crippen molar-refractivity contribution in [3.8, 4) is 17.2 Å². The van der Waals surface area contributed by atoms with Crippen LogP contribution in [-0.2, 0) is 44.6 Å². The molecule has 4 saturated heterocycles. The molecule has 0 spiro atoms. The van der Waals surface area contributed by atoms with Gasteiger partial charge in [-0.15, -0.1) is 0 Å². The van der Waals surface area contributed by atoms with Gasteiger partial charge in [-0.1, -0.05) is 60.7 Å². The molecule has 4 fully saturated rings. The Kier molecular flexibility index (Phi) is 6.72. The fourth-order valence-corrected chi connectivity index (χ4v) is 7.44. The zero-order valence-electron chi connectivity index (χ0n) is 25.4. The van der Waals surface area contributed by atoms with E-state index >= 15 is 0 Å². The molecular formula is C39H36O7. The fourth-order valence-electron chi connectivity index (χ4n) is 7.44. The predicted octanol–water partition coefficient (Wildman–Crippen LogP) is 6.06. The van der Waals surface area contributed by atoms with Crippen molar-refractivity contribution in [3.63, 3.8) is 0 Å². The molecule has 3 N–H and O–H groups in total. The highest BCUT2D eigenvalue weighted by Gasteiger charge is 2.37. The Morgan fingerprint density at radius 2 is 0.826 bits per heavy atom. The third-order valence-electron chi connectivity index (χ3n) is 10.0. The van der Waals surface area contributed by atoms with E-state index in [9.17, 15) is 15.3 Å². The summed E-state index contributed by atoms with van der Waals surface area (Å²) in [4.78, 5) is 0. The van der Waals surface area contributed by atoms with Gasteiger partial charge in [0.1, 0.15) is 17.2 Å². The standard InChI is InChI=1S/C39H36O7/c40-22-11-9-21(10-12-22)35(36-29-7-3-1-5-27(29)31(13-23-17-43-23)33(38(36)41)15-25-19-45-25)37-30-8-4-2-6-28(30)32(14-24-18-44-24)34(39(37)42)16-26-20-46-26/h1-12,23-26,35,40-42H,13-20H2. The number of rotatable bonds is 11. The Hall–Kier alpha value is -4.14. The Labute approximate surface area is 266 Å². The fraction of sp³-hybridized carbons (Fsp3) is 0.333. The van der Waals surface area contributed by atoms with Crippen LogP contribution in [0, 0.1) is 0 Å². The van der Waals surface area contributed by atoms with Crippen LogP contribution >= 0.6 is 0 Å². The summed E-state index contributed by atoms with van der Waals surface area (Å²) < 4.78 is 22.7. The van der Waals surface area contributed by atoms with E-state index in [-0.39, 0.29) is 41.7 Å². The first-order valence-corrected chi connectivity index (χ1v) is 16.3. The molecule has 4 atom stereocenters. The Morgan fingerprint density at radius 3 is 1.20 bits per heavy atom. The molecule has 0 radical (unpaired) electrons. The minimum absolute atomic E-state index is 0.0641. The normalized spacial score (nSPS) is 23.5. The van der Waals surface area contributed by atoms with Gasteiger partial charge in [0.2, 0.25) is 0 Å². The first kappa shape index (κ1) is 28.1. The van der Waals surface area contributed by atoms with E-state index in [0.29, 0.717) is 26.1 Å². The first-order valence-electron chi connectivity index (χ1n) is 16.3. The molecule has 7 heteroatoms. The zero-order chi connectivity index (χ0) is 30.9. The molecular weight excluding hydrogens is 580 g/mol. The maximum Gasteiger partial charge on any atom is 0.123 e. The molecule has 0 saturated carbocycles. The van der Waals surface area contributed by atoms with E-state index in [0.717, 1.165) is 86.5 Å². The van der Waals surface area contributed by atoms with Gasteiger partial charge in [0.05, 0.1) is 50.8 Å². The average molecular weight is 617 g/mol. The van der Waals surface area contributed by atoms with Crippen LogP contribution < -0.4 is 0 Å². The van der Waals surface area contributed by atoms with E-state index in [4.69, 9.17) is 18.9 Å². The smallest absolute Gasteiger partial charge is 0.123 e. The van der Waals surface area contributed by atoms with Crippen LogP contribution in [0.2, 0.25) is 0 Å². The van der Waals surface area contributed by atoms with Gasteiger partial charge >= 0.3 is 0 Å². The summed E-state index contributed by atoms with van der Waals surface area (Å²) in [6.07, 6.45) is 3.06. The summed E-state index contributed by atoms with van der Waals surface area (Å²) in [5.74, 6) is 0.0665. The number of phenols is 3. The molecule has 4 heterocycles. The van der Waals surface area contributed by atoms with Gasteiger partial charge in [0, 0.05) is 53.9 Å².